The number of piperidine rings is 1. The van der Waals surface area contributed by atoms with Crippen LogP contribution in [-0.2, 0) is 26.0 Å². The molecule has 2 aliphatic heterocycles. The van der Waals surface area contributed by atoms with E-state index in [-0.39, 0.29) is 65.7 Å². The van der Waals surface area contributed by atoms with E-state index in [1.165, 1.54) is 33.4 Å². The third-order valence-electron chi connectivity index (χ3n) is 9.08. The van der Waals surface area contributed by atoms with Gasteiger partial charge in [-0.25, -0.2) is 18.2 Å². The average Bonchev–Trinajstić information content (AvgIpc) is 3.42. The number of rotatable bonds is 7. The Hall–Kier alpha value is -4.35. The number of nitro groups is 1. The van der Waals surface area contributed by atoms with Crippen molar-refractivity contribution in [2.24, 2.45) is 0 Å². The number of fused-ring (bicyclic) bond motifs is 1. The maximum absolute atomic E-state index is 13.6. The summed E-state index contributed by atoms with van der Waals surface area (Å²) in [6, 6.07) is 13.2. The van der Waals surface area contributed by atoms with Crippen molar-refractivity contribution in [2.45, 2.75) is 75.3 Å². The number of carbonyl (C=O) groups excluding carboxylic acids is 1. The Bertz CT molecular complexity index is 2120. The van der Waals surface area contributed by atoms with Crippen molar-refractivity contribution < 1.29 is 32.7 Å². The van der Waals surface area contributed by atoms with Crippen LogP contribution in [0, 0.1) is 10.1 Å². The highest BCUT2D eigenvalue weighted by Gasteiger charge is 2.38. The number of aromatic nitrogens is 3. The summed E-state index contributed by atoms with van der Waals surface area (Å²) in [6.07, 6.45) is 0.868. The number of non-ortho nitro benzene ring substituents is 1. The molecule has 0 aliphatic carbocycles. The summed E-state index contributed by atoms with van der Waals surface area (Å²) in [5, 5.41) is 22.8. The molecule has 2 saturated heterocycles. The van der Waals surface area contributed by atoms with Crippen molar-refractivity contribution in [3.63, 3.8) is 0 Å². The van der Waals surface area contributed by atoms with Gasteiger partial charge in [0, 0.05) is 30.9 Å². The highest BCUT2D eigenvalue weighted by molar-refractivity contribution is 7.89. The van der Waals surface area contributed by atoms with Crippen LogP contribution >= 0.6 is 11.6 Å². The van der Waals surface area contributed by atoms with Crippen LogP contribution in [0.5, 0.6) is 0 Å². The number of hydrogen-bond donors (Lipinski definition) is 1. The fraction of sp³-hybridized carbons (Fsp3) is 0.441. The van der Waals surface area contributed by atoms with Crippen LogP contribution in [0.3, 0.4) is 0 Å². The number of amides is 1. The lowest BCUT2D eigenvalue weighted by Gasteiger charge is -2.39. The summed E-state index contributed by atoms with van der Waals surface area (Å²) in [6.45, 7) is 7.89. The lowest BCUT2D eigenvalue weighted by molar-refractivity contribution is -0.384. The first-order valence-corrected chi connectivity index (χ1v) is 18.2. The molecule has 2 fully saturated rings. The van der Waals surface area contributed by atoms with Gasteiger partial charge < -0.3 is 14.6 Å². The second-order valence-corrected chi connectivity index (χ2v) is 16.3. The molecule has 6 rings (SSSR count). The van der Waals surface area contributed by atoms with Gasteiger partial charge in [0.05, 0.1) is 52.6 Å². The Morgan fingerprint density at radius 2 is 1.78 bits per heavy atom. The van der Waals surface area contributed by atoms with Gasteiger partial charge in [0.25, 0.3) is 11.2 Å². The average molecular weight is 743 g/mol. The number of benzene rings is 2. The maximum atomic E-state index is 13.6. The standard InChI is InChI=1S/C34H39ClN6O9S/c1-22-18-39(32(43)50-33(2,3)4)28(19-49-22)23-5-7-24(8-6-23)40-29(35)17-27-30(40)36-21-37(31(27)42)20-34(44)13-15-38(16-14-34)51(47,48)26-11-9-25(10-12-26)41(45)46/h5-12,17,21-22,28,44H,13-16,18-20H2,1-4H3/t22-,28-/m0/s1. The van der Waals surface area contributed by atoms with E-state index in [1.807, 2.05) is 52.0 Å². The number of ether oxygens (including phenoxy) is 2. The summed E-state index contributed by atoms with van der Waals surface area (Å²) >= 11 is 6.65. The smallest absolute Gasteiger partial charge is 0.410 e. The number of sulfonamides is 1. The van der Waals surface area contributed by atoms with E-state index >= 15 is 0 Å². The summed E-state index contributed by atoms with van der Waals surface area (Å²) in [7, 11) is -3.95. The minimum atomic E-state index is -3.95. The van der Waals surface area contributed by atoms with Gasteiger partial charge in [-0.2, -0.15) is 4.31 Å². The van der Waals surface area contributed by atoms with Crippen LogP contribution in [0.2, 0.25) is 5.15 Å². The molecule has 2 aliphatic rings. The van der Waals surface area contributed by atoms with Crippen molar-refractivity contribution >= 4 is 44.4 Å². The molecule has 1 N–H and O–H groups in total. The zero-order valence-corrected chi connectivity index (χ0v) is 30.1. The SMILES string of the molecule is C[C@H]1CN(C(=O)OC(C)(C)C)[C@H](c2ccc(-n3c(Cl)cc4c(=O)n(CC5(O)CCN(S(=O)(=O)c6ccc([N+](=O)[O-])cc6)CC5)cnc43)cc2)CO1. The zero-order chi connectivity index (χ0) is 36.9. The number of nitro benzene ring substituents is 1. The molecule has 1 amide bonds. The molecular formula is C34H39ClN6O9S. The Morgan fingerprint density at radius 3 is 2.39 bits per heavy atom. The van der Waals surface area contributed by atoms with Crippen molar-refractivity contribution in [2.75, 3.05) is 26.2 Å². The van der Waals surface area contributed by atoms with Gasteiger partial charge in [0.15, 0.2) is 5.65 Å². The Kier molecular flexibility index (Phi) is 9.75. The molecule has 51 heavy (non-hydrogen) atoms. The van der Waals surface area contributed by atoms with Gasteiger partial charge in [-0.15, -0.1) is 0 Å². The fourth-order valence-corrected chi connectivity index (χ4v) is 8.13. The molecule has 4 aromatic rings. The van der Waals surface area contributed by atoms with Crippen LogP contribution in [0.25, 0.3) is 16.7 Å². The van der Waals surface area contributed by atoms with E-state index in [4.69, 9.17) is 21.1 Å². The highest BCUT2D eigenvalue weighted by atomic mass is 35.5. The highest BCUT2D eigenvalue weighted by Crippen LogP contribution is 2.32. The van der Waals surface area contributed by atoms with Crippen LogP contribution in [0.4, 0.5) is 10.5 Å². The molecule has 0 radical (unpaired) electrons. The second kappa shape index (κ2) is 13.7. The first kappa shape index (κ1) is 36.4. The molecule has 2 atom stereocenters. The summed E-state index contributed by atoms with van der Waals surface area (Å²) in [4.78, 5) is 43.2. The minimum absolute atomic E-state index is 0.0139. The number of aliphatic hydroxyl groups is 1. The lowest BCUT2D eigenvalue weighted by atomic mass is 9.92. The Balaban J connectivity index is 1.18. The predicted octanol–water partition coefficient (Wildman–Crippen LogP) is 4.66. The molecule has 0 spiro atoms. The number of halogens is 1. The molecule has 4 heterocycles. The van der Waals surface area contributed by atoms with Crippen LogP contribution in [0.15, 0.2) is 70.6 Å². The van der Waals surface area contributed by atoms with E-state index in [0.29, 0.717) is 24.5 Å². The number of nitrogens with zero attached hydrogens (tertiary/aromatic N) is 6. The molecule has 2 aromatic heterocycles. The van der Waals surface area contributed by atoms with Crippen molar-refractivity contribution in [3.8, 4) is 5.69 Å². The molecule has 0 saturated carbocycles. The van der Waals surface area contributed by atoms with Crippen molar-refractivity contribution in [1.82, 2.24) is 23.3 Å². The number of morpholine rings is 1. The predicted molar refractivity (Wildman–Crippen MR) is 187 cm³/mol. The third-order valence-corrected chi connectivity index (χ3v) is 11.3. The quantitative estimate of drug-likeness (QED) is 0.207. The molecule has 0 unspecified atom stereocenters. The maximum Gasteiger partial charge on any atom is 0.410 e. The number of carbonyl (C=O) groups is 1. The first-order chi connectivity index (χ1) is 24.0. The molecule has 0 bridgehead atoms. The summed E-state index contributed by atoms with van der Waals surface area (Å²) in [5.41, 5.74) is -0.903. The second-order valence-electron chi connectivity index (χ2n) is 14.0. The van der Waals surface area contributed by atoms with Crippen molar-refractivity contribution in [3.05, 3.63) is 92.1 Å². The lowest BCUT2D eigenvalue weighted by Crippen LogP contribution is -2.49. The normalized spacial score (nSPS) is 20.0. The van der Waals surface area contributed by atoms with E-state index in [9.17, 15) is 33.2 Å². The van der Waals surface area contributed by atoms with Gasteiger partial charge in [-0.3, -0.25) is 28.9 Å². The molecule has 15 nitrogen and oxygen atoms in total. The van der Waals surface area contributed by atoms with Gasteiger partial charge in [0.1, 0.15) is 17.1 Å². The molecular weight excluding hydrogens is 704 g/mol. The van der Waals surface area contributed by atoms with Crippen molar-refractivity contribution in [1.29, 1.82) is 0 Å². The molecule has 2 aromatic carbocycles. The molecule has 17 heteroatoms. The van der Waals surface area contributed by atoms with Crippen LogP contribution in [0.1, 0.15) is 52.1 Å². The van der Waals surface area contributed by atoms with E-state index in [2.05, 4.69) is 4.98 Å². The largest absolute Gasteiger partial charge is 0.444 e. The fourth-order valence-electron chi connectivity index (χ4n) is 6.40. The topological polar surface area (TPSA) is 179 Å². The van der Waals surface area contributed by atoms with E-state index in [0.717, 1.165) is 17.7 Å². The van der Waals surface area contributed by atoms with Gasteiger partial charge in [0.2, 0.25) is 10.0 Å². The third kappa shape index (κ3) is 7.51. The van der Waals surface area contributed by atoms with Crippen LogP contribution in [-0.4, -0.2) is 91.4 Å². The summed E-state index contributed by atoms with van der Waals surface area (Å²) < 4.78 is 42.0. The van der Waals surface area contributed by atoms with Gasteiger partial charge in [-0.1, -0.05) is 23.7 Å². The van der Waals surface area contributed by atoms with E-state index < -0.39 is 37.8 Å². The molecule has 272 valence electrons. The zero-order valence-electron chi connectivity index (χ0n) is 28.6. The summed E-state index contributed by atoms with van der Waals surface area (Å²) in [5.74, 6) is 0. The van der Waals surface area contributed by atoms with Gasteiger partial charge in [-0.05, 0) is 76.4 Å². The van der Waals surface area contributed by atoms with E-state index in [1.54, 1.807) is 9.47 Å². The Labute approximate surface area is 299 Å². The number of hydrogen-bond acceptors (Lipinski definition) is 10. The first-order valence-electron chi connectivity index (χ1n) is 16.4. The van der Waals surface area contributed by atoms with Crippen LogP contribution < -0.4 is 5.56 Å². The minimum Gasteiger partial charge on any atom is -0.444 e. The van der Waals surface area contributed by atoms with Gasteiger partial charge >= 0.3 is 6.09 Å². The monoisotopic (exact) mass is 742 g/mol. The Morgan fingerprint density at radius 1 is 1.14 bits per heavy atom.